The second-order valence-electron chi connectivity index (χ2n) is 5.56. The van der Waals surface area contributed by atoms with Gasteiger partial charge in [-0.15, -0.1) is 0 Å². The highest BCUT2D eigenvalue weighted by atomic mass is 19.1. The van der Waals surface area contributed by atoms with Gasteiger partial charge in [-0.1, -0.05) is 18.2 Å². The Kier molecular flexibility index (Phi) is 4.74. The van der Waals surface area contributed by atoms with Crippen molar-refractivity contribution < 1.29 is 18.7 Å². The van der Waals surface area contributed by atoms with Gasteiger partial charge in [0.15, 0.2) is 0 Å². The smallest absolute Gasteiger partial charge is 0.227 e. The standard InChI is InChI=1S/C18H17FN2O3/c19-14-4-1-12(2-5-14)11-20-18(23)10-13-3-6-16-15(9-13)21-17(22)7-8-24-16/h1-6,9H,7-8,10-11H2,(H,20,23)(H,21,22). The van der Waals surface area contributed by atoms with Crippen molar-refractivity contribution in [2.45, 2.75) is 19.4 Å². The first-order valence-corrected chi connectivity index (χ1v) is 7.67. The van der Waals surface area contributed by atoms with Crippen molar-refractivity contribution in [3.8, 4) is 5.75 Å². The Morgan fingerprint density at radius 1 is 1.17 bits per heavy atom. The molecule has 0 radical (unpaired) electrons. The summed E-state index contributed by atoms with van der Waals surface area (Å²) in [4.78, 5) is 23.6. The monoisotopic (exact) mass is 328 g/mol. The summed E-state index contributed by atoms with van der Waals surface area (Å²) in [6.07, 6.45) is 0.493. The second kappa shape index (κ2) is 7.12. The van der Waals surface area contributed by atoms with Crippen LogP contribution in [0, 0.1) is 5.82 Å². The molecule has 2 aromatic carbocycles. The van der Waals surface area contributed by atoms with Crippen LogP contribution in [0.2, 0.25) is 0 Å². The molecule has 0 spiro atoms. The van der Waals surface area contributed by atoms with Crippen LogP contribution < -0.4 is 15.4 Å². The number of nitrogens with one attached hydrogen (secondary N) is 2. The first-order valence-electron chi connectivity index (χ1n) is 7.67. The van der Waals surface area contributed by atoms with Crippen LogP contribution in [0.15, 0.2) is 42.5 Å². The molecule has 2 N–H and O–H groups in total. The minimum Gasteiger partial charge on any atom is -0.491 e. The van der Waals surface area contributed by atoms with Gasteiger partial charge in [-0.3, -0.25) is 9.59 Å². The first kappa shape index (κ1) is 16.0. The van der Waals surface area contributed by atoms with Gasteiger partial charge in [-0.05, 0) is 35.4 Å². The molecular formula is C18H17FN2O3. The molecule has 124 valence electrons. The highest BCUT2D eigenvalue weighted by molar-refractivity contribution is 5.93. The summed E-state index contributed by atoms with van der Waals surface area (Å²) in [5, 5.41) is 5.56. The summed E-state index contributed by atoms with van der Waals surface area (Å²) in [7, 11) is 0. The zero-order valence-electron chi connectivity index (χ0n) is 13.0. The number of hydrogen-bond donors (Lipinski definition) is 2. The summed E-state index contributed by atoms with van der Waals surface area (Å²) in [6, 6.07) is 11.3. The number of carbonyl (C=O) groups excluding carboxylic acids is 2. The van der Waals surface area contributed by atoms with E-state index in [4.69, 9.17) is 4.74 Å². The molecule has 0 fully saturated rings. The van der Waals surface area contributed by atoms with Crippen molar-refractivity contribution in [1.82, 2.24) is 5.32 Å². The number of benzene rings is 2. The molecule has 1 aliphatic heterocycles. The maximum Gasteiger partial charge on any atom is 0.227 e. The van der Waals surface area contributed by atoms with Crippen molar-refractivity contribution >= 4 is 17.5 Å². The summed E-state index contributed by atoms with van der Waals surface area (Å²) < 4.78 is 18.3. The second-order valence-corrected chi connectivity index (χ2v) is 5.56. The van der Waals surface area contributed by atoms with E-state index in [1.807, 2.05) is 0 Å². The summed E-state index contributed by atoms with van der Waals surface area (Å²) in [5.74, 6) is 0.0439. The fourth-order valence-corrected chi connectivity index (χ4v) is 2.43. The third-order valence-electron chi connectivity index (χ3n) is 3.67. The minimum absolute atomic E-state index is 0.105. The number of halogens is 1. The molecule has 3 rings (SSSR count). The van der Waals surface area contributed by atoms with E-state index in [0.29, 0.717) is 31.0 Å². The number of carbonyl (C=O) groups is 2. The molecule has 5 nitrogen and oxygen atoms in total. The van der Waals surface area contributed by atoms with E-state index in [-0.39, 0.29) is 24.1 Å². The van der Waals surface area contributed by atoms with E-state index in [9.17, 15) is 14.0 Å². The van der Waals surface area contributed by atoms with Crippen LogP contribution in [0.4, 0.5) is 10.1 Å². The molecule has 1 aliphatic rings. The molecular weight excluding hydrogens is 311 g/mol. The highest BCUT2D eigenvalue weighted by Gasteiger charge is 2.14. The molecule has 0 atom stereocenters. The summed E-state index contributed by atoms with van der Waals surface area (Å²) in [6.45, 7) is 0.681. The average molecular weight is 328 g/mol. The van der Waals surface area contributed by atoms with Crippen LogP contribution in [0.3, 0.4) is 0 Å². The van der Waals surface area contributed by atoms with Crippen molar-refractivity contribution in [2.24, 2.45) is 0 Å². The van der Waals surface area contributed by atoms with Gasteiger partial charge in [0.1, 0.15) is 11.6 Å². The zero-order valence-corrected chi connectivity index (χ0v) is 13.0. The fourth-order valence-electron chi connectivity index (χ4n) is 2.43. The lowest BCUT2D eigenvalue weighted by atomic mass is 10.1. The van der Waals surface area contributed by atoms with E-state index in [2.05, 4.69) is 10.6 Å². The Labute approximate surface area is 138 Å². The number of ether oxygens (including phenoxy) is 1. The molecule has 0 bridgehead atoms. The maximum absolute atomic E-state index is 12.8. The molecule has 1 heterocycles. The van der Waals surface area contributed by atoms with Gasteiger partial charge in [0.25, 0.3) is 0 Å². The molecule has 0 saturated heterocycles. The van der Waals surface area contributed by atoms with Crippen molar-refractivity contribution in [1.29, 1.82) is 0 Å². The molecule has 2 amide bonds. The SMILES string of the molecule is O=C(Cc1ccc2c(c1)NC(=O)CCO2)NCc1ccc(F)cc1. The Morgan fingerprint density at radius 3 is 2.71 bits per heavy atom. The Morgan fingerprint density at radius 2 is 1.92 bits per heavy atom. The fraction of sp³-hybridized carbons (Fsp3) is 0.222. The van der Waals surface area contributed by atoms with Gasteiger partial charge >= 0.3 is 0 Å². The number of rotatable bonds is 4. The minimum atomic E-state index is -0.306. The van der Waals surface area contributed by atoms with Crippen LogP contribution >= 0.6 is 0 Å². The Balaban J connectivity index is 1.60. The topological polar surface area (TPSA) is 67.4 Å². The first-order chi connectivity index (χ1) is 11.6. The van der Waals surface area contributed by atoms with Crippen LogP contribution in [0.25, 0.3) is 0 Å². The molecule has 2 aromatic rings. The summed E-state index contributed by atoms with van der Waals surface area (Å²) in [5.41, 5.74) is 2.19. The average Bonchev–Trinajstić information content (AvgIpc) is 2.74. The number of amides is 2. The maximum atomic E-state index is 12.8. The molecule has 0 aromatic heterocycles. The van der Waals surface area contributed by atoms with Gasteiger partial charge in [0, 0.05) is 6.54 Å². The number of hydrogen-bond acceptors (Lipinski definition) is 3. The highest BCUT2D eigenvalue weighted by Crippen LogP contribution is 2.28. The Hall–Kier alpha value is -2.89. The van der Waals surface area contributed by atoms with Gasteiger partial charge in [-0.2, -0.15) is 0 Å². The van der Waals surface area contributed by atoms with Gasteiger partial charge < -0.3 is 15.4 Å². The van der Waals surface area contributed by atoms with E-state index in [1.165, 1.54) is 12.1 Å². The van der Waals surface area contributed by atoms with Crippen molar-refractivity contribution in [2.75, 3.05) is 11.9 Å². The lowest BCUT2D eigenvalue weighted by Crippen LogP contribution is -2.24. The van der Waals surface area contributed by atoms with Crippen molar-refractivity contribution in [3.63, 3.8) is 0 Å². The Bertz CT molecular complexity index is 759. The van der Waals surface area contributed by atoms with E-state index in [1.54, 1.807) is 30.3 Å². The van der Waals surface area contributed by atoms with Gasteiger partial charge in [0.05, 0.1) is 25.1 Å². The van der Waals surface area contributed by atoms with E-state index >= 15 is 0 Å². The normalized spacial score (nSPS) is 13.3. The van der Waals surface area contributed by atoms with Crippen LogP contribution in [-0.4, -0.2) is 18.4 Å². The van der Waals surface area contributed by atoms with Crippen LogP contribution in [0.1, 0.15) is 17.5 Å². The lowest BCUT2D eigenvalue weighted by molar-refractivity contribution is -0.120. The third-order valence-corrected chi connectivity index (χ3v) is 3.67. The van der Waals surface area contributed by atoms with Crippen LogP contribution in [0.5, 0.6) is 5.75 Å². The molecule has 0 unspecified atom stereocenters. The van der Waals surface area contributed by atoms with Crippen molar-refractivity contribution in [3.05, 3.63) is 59.4 Å². The molecule has 0 aliphatic carbocycles. The predicted octanol–water partition coefficient (Wildman–Crippen LogP) is 2.41. The van der Waals surface area contributed by atoms with E-state index in [0.717, 1.165) is 11.1 Å². The molecule has 0 saturated carbocycles. The molecule has 24 heavy (non-hydrogen) atoms. The number of fused-ring (bicyclic) bond motifs is 1. The van der Waals surface area contributed by atoms with Crippen LogP contribution in [-0.2, 0) is 22.6 Å². The lowest BCUT2D eigenvalue weighted by Gasteiger charge is -2.10. The quantitative estimate of drug-likeness (QED) is 0.906. The number of anilines is 1. The van der Waals surface area contributed by atoms with Gasteiger partial charge in [0.2, 0.25) is 11.8 Å². The summed E-state index contributed by atoms with van der Waals surface area (Å²) >= 11 is 0. The van der Waals surface area contributed by atoms with E-state index < -0.39 is 0 Å². The predicted molar refractivity (Wildman–Crippen MR) is 87.1 cm³/mol. The zero-order chi connectivity index (χ0) is 16.9. The molecule has 6 heteroatoms. The largest absolute Gasteiger partial charge is 0.491 e. The third kappa shape index (κ3) is 4.10. The van der Waals surface area contributed by atoms with Gasteiger partial charge in [-0.25, -0.2) is 4.39 Å².